The Morgan fingerprint density at radius 2 is 1.79 bits per heavy atom. The van der Waals surface area contributed by atoms with Crippen molar-refractivity contribution in [2.45, 2.75) is 38.7 Å². The van der Waals surface area contributed by atoms with Gasteiger partial charge in [0.1, 0.15) is 6.61 Å². The highest BCUT2D eigenvalue weighted by Crippen LogP contribution is 2.37. The summed E-state index contributed by atoms with van der Waals surface area (Å²) in [5.41, 5.74) is 1.78. The molecule has 4 nitrogen and oxygen atoms in total. The summed E-state index contributed by atoms with van der Waals surface area (Å²) < 4.78 is 11.4. The Kier molecular flexibility index (Phi) is 5.84. The smallest absolute Gasteiger partial charge is 0.254 e. The van der Waals surface area contributed by atoms with Crippen LogP contribution in [0.4, 0.5) is 0 Å². The van der Waals surface area contributed by atoms with E-state index < -0.39 is 0 Å². The van der Waals surface area contributed by atoms with E-state index in [0.29, 0.717) is 29.6 Å². The van der Waals surface area contributed by atoms with E-state index in [1.54, 1.807) is 7.11 Å². The molecule has 1 saturated carbocycles. The summed E-state index contributed by atoms with van der Waals surface area (Å²) in [5, 5.41) is 0. The summed E-state index contributed by atoms with van der Waals surface area (Å²) in [6.45, 7) is 2.24. The molecule has 1 saturated heterocycles. The van der Waals surface area contributed by atoms with Gasteiger partial charge >= 0.3 is 0 Å². The van der Waals surface area contributed by atoms with E-state index in [4.69, 9.17) is 9.47 Å². The van der Waals surface area contributed by atoms with Crippen LogP contribution < -0.4 is 9.47 Å². The third kappa shape index (κ3) is 4.16. The molecule has 0 bridgehead atoms. The van der Waals surface area contributed by atoms with E-state index in [2.05, 4.69) is 0 Å². The summed E-state index contributed by atoms with van der Waals surface area (Å²) in [6, 6.07) is 15.6. The van der Waals surface area contributed by atoms with E-state index in [9.17, 15) is 4.79 Å². The number of rotatable bonds is 5. The van der Waals surface area contributed by atoms with Crippen molar-refractivity contribution < 1.29 is 14.3 Å². The van der Waals surface area contributed by atoms with Gasteiger partial charge < -0.3 is 14.4 Å². The van der Waals surface area contributed by atoms with Gasteiger partial charge in [0, 0.05) is 18.7 Å². The molecule has 2 aliphatic rings. The van der Waals surface area contributed by atoms with Crippen molar-refractivity contribution in [2.24, 2.45) is 11.8 Å². The topological polar surface area (TPSA) is 38.8 Å². The third-order valence-electron chi connectivity index (χ3n) is 6.23. The predicted molar refractivity (Wildman–Crippen MR) is 110 cm³/mol. The Labute approximate surface area is 167 Å². The molecule has 2 aromatic rings. The lowest BCUT2D eigenvalue weighted by Crippen LogP contribution is -2.44. The van der Waals surface area contributed by atoms with Crippen LogP contribution in [0.25, 0.3) is 0 Å². The number of nitrogens with zero attached hydrogens (tertiary/aromatic N) is 1. The van der Waals surface area contributed by atoms with Gasteiger partial charge in [-0.05, 0) is 48.4 Å². The Morgan fingerprint density at radius 3 is 2.57 bits per heavy atom. The van der Waals surface area contributed by atoms with Gasteiger partial charge in [-0.15, -0.1) is 0 Å². The zero-order valence-corrected chi connectivity index (χ0v) is 16.6. The number of fused-ring (bicyclic) bond motifs is 1. The van der Waals surface area contributed by atoms with Crippen molar-refractivity contribution >= 4 is 5.91 Å². The minimum Gasteiger partial charge on any atom is -0.493 e. The van der Waals surface area contributed by atoms with Gasteiger partial charge in [-0.2, -0.15) is 0 Å². The number of methoxy groups -OCH3 is 1. The molecule has 0 aromatic heterocycles. The predicted octanol–water partition coefficient (Wildman–Crippen LogP) is 4.93. The van der Waals surface area contributed by atoms with Crippen molar-refractivity contribution in [2.75, 3.05) is 20.2 Å². The summed E-state index contributed by atoms with van der Waals surface area (Å²) in [6.07, 6.45) is 6.42. The molecule has 2 unspecified atom stereocenters. The number of benzene rings is 2. The van der Waals surface area contributed by atoms with Crippen LogP contribution in [-0.2, 0) is 6.61 Å². The van der Waals surface area contributed by atoms with E-state index in [0.717, 1.165) is 31.0 Å². The highest BCUT2D eigenvalue weighted by Gasteiger charge is 2.33. The van der Waals surface area contributed by atoms with Gasteiger partial charge in [0.25, 0.3) is 5.91 Å². The van der Waals surface area contributed by atoms with Crippen LogP contribution in [-0.4, -0.2) is 31.0 Å². The lowest BCUT2D eigenvalue weighted by atomic mass is 9.75. The molecule has 0 N–H and O–H groups in total. The molecule has 2 atom stereocenters. The fraction of sp³-hybridized carbons (Fsp3) is 0.458. The molecule has 4 heteroatoms. The Bertz CT molecular complexity index is 805. The number of likely N-dealkylation sites (tertiary alicyclic amines) is 1. The lowest BCUT2D eigenvalue weighted by Gasteiger charge is -2.41. The number of carbonyl (C=O) groups excluding carboxylic acids is 1. The first-order valence-electron chi connectivity index (χ1n) is 10.4. The summed E-state index contributed by atoms with van der Waals surface area (Å²) in [7, 11) is 1.62. The second kappa shape index (κ2) is 8.68. The monoisotopic (exact) mass is 379 g/mol. The molecular weight excluding hydrogens is 350 g/mol. The average Bonchev–Trinajstić information content (AvgIpc) is 2.77. The van der Waals surface area contributed by atoms with E-state index in [-0.39, 0.29) is 5.91 Å². The van der Waals surface area contributed by atoms with Gasteiger partial charge in [-0.1, -0.05) is 49.6 Å². The molecule has 28 heavy (non-hydrogen) atoms. The number of ether oxygens (including phenoxy) is 2. The molecule has 2 aromatic carbocycles. The first-order chi connectivity index (χ1) is 13.7. The number of hydrogen-bond donors (Lipinski definition) is 0. The van der Waals surface area contributed by atoms with Crippen LogP contribution in [0.1, 0.15) is 48.0 Å². The summed E-state index contributed by atoms with van der Waals surface area (Å²) in [5.74, 6) is 2.88. The van der Waals surface area contributed by atoms with Gasteiger partial charge in [0.2, 0.25) is 0 Å². The fourth-order valence-electron chi connectivity index (χ4n) is 4.62. The van der Waals surface area contributed by atoms with Crippen molar-refractivity contribution in [3.05, 3.63) is 59.7 Å². The molecule has 148 valence electrons. The molecule has 1 heterocycles. The van der Waals surface area contributed by atoms with Crippen molar-refractivity contribution in [1.29, 1.82) is 0 Å². The SMILES string of the molecule is COc1cc(C(=O)N2CCC3CCCCC3C2)ccc1OCc1ccccc1. The first-order valence-corrected chi connectivity index (χ1v) is 10.4. The van der Waals surface area contributed by atoms with Crippen LogP contribution in [0.15, 0.2) is 48.5 Å². The lowest BCUT2D eigenvalue weighted by molar-refractivity contribution is 0.0520. The normalized spacial score (nSPS) is 21.7. The number of hydrogen-bond acceptors (Lipinski definition) is 3. The second-order valence-electron chi connectivity index (χ2n) is 7.98. The zero-order chi connectivity index (χ0) is 19.3. The Hall–Kier alpha value is -2.49. The quantitative estimate of drug-likeness (QED) is 0.740. The molecule has 2 fully saturated rings. The van der Waals surface area contributed by atoms with Gasteiger partial charge in [0.05, 0.1) is 7.11 Å². The number of amides is 1. The first kappa shape index (κ1) is 18.9. The summed E-state index contributed by atoms with van der Waals surface area (Å²) >= 11 is 0. The van der Waals surface area contributed by atoms with Crippen molar-refractivity contribution in [1.82, 2.24) is 4.90 Å². The van der Waals surface area contributed by atoms with Crippen molar-refractivity contribution in [3.63, 3.8) is 0 Å². The Morgan fingerprint density at radius 1 is 1.00 bits per heavy atom. The minimum atomic E-state index is 0.108. The number of piperidine rings is 1. The van der Waals surface area contributed by atoms with Crippen LogP contribution in [0.5, 0.6) is 11.5 Å². The largest absolute Gasteiger partial charge is 0.493 e. The molecule has 0 spiro atoms. The van der Waals surface area contributed by atoms with Crippen LogP contribution in [0, 0.1) is 11.8 Å². The van der Waals surface area contributed by atoms with Gasteiger partial charge in [-0.3, -0.25) is 4.79 Å². The molecule has 1 amide bonds. The van der Waals surface area contributed by atoms with Crippen LogP contribution in [0.2, 0.25) is 0 Å². The average molecular weight is 380 g/mol. The van der Waals surface area contributed by atoms with E-state index in [1.165, 1.54) is 25.7 Å². The maximum Gasteiger partial charge on any atom is 0.254 e. The van der Waals surface area contributed by atoms with Crippen molar-refractivity contribution in [3.8, 4) is 11.5 Å². The van der Waals surface area contributed by atoms with Crippen LogP contribution in [0.3, 0.4) is 0 Å². The highest BCUT2D eigenvalue weighted by atomic mass is 16.5. The van der Waals surface area contributed by atoms with Gasteiger partial charge in [-0.25, -0.2) is 0 Å². The molecule has 1 aliphatic carbocycles. The zero-order valence-electron chi connectivity index (χ0n) is 16.6. The van der Waals surface area contributed by atoms with Gasteiger partial charge in [0.15, 0.2) is 11.5 Å². The molecular formula is C24H29NO3. The minimum absolute atomic E-state index is 0.108. The molecule has 4 rings (SSSR count). The summed E-state index contributed by atoms with van der Waals surface area (Å²) in [4.78, 5) is 15.1. The third-order valence-corrected chi connectivity index (χ3v) is 6.23. The van der Waals surface area contributed by atoms with Crippen LogP contribution >= 0.6 is 0 Å². The maximum atomic E-state index is 13.1. The second-order valence-corrected chi connectivity index (χ2v) is 7.98. The molecule has 1 aliphatic heterocycles. The number of carbonyl (C=O) groups is 1. The maximum absolute atomic E-state index is 13.1. The highest BCUT2D eigenvalue weighted by molar-refractivity contribution is 5.95. The Balaban J connectivity index is 1.43. The molecule has 0 radical (unpaired) electrons. The fourth-order valence-corrected chi connectivity index (χ4v) is 4.62. The standard InChI is InChI=1S/C24H29NO3/c1-27-23-15-20(11-12-22(23)28-17-18-7-3-2-4-8-18)24(26)25-14-13-19-9-5-6-10-21(19)16-25/h2-4,7-8,11-12,15,19,21H,5-6,9-10,13-14,16-17H2,1H3. The van der Waals surface area contributed by atoms with E-state index in [1.807, 2.05) is 53.4 Å². The van der Waals surface area contributed by atoms with E-state index >= 15 is 0 Å².